The number of para-hydroxylation sites is 2. The quantitative estimate of drug-likeness (QED) is 0.255. The van der Waals surface area contributed by atoms with Crippen LogP contribution in [0.5, 0.6) is 0 Å². The largest absolute Gasteiger partial charge is 0.454 e. The first kappa shape index (κ1) is 23.5. The van der Waals surface area contributed by atoms with E-state index >= 15 is 0 Å². The molecule has 5 aromatic rings. The molecule has 0 saturated heterocycles. The predicted molar refractivity (Wildman–Crippen MR) is 151 cm³/mol. The highest BCUT2D eigenvalue weighted by Crippen LogP contribution is 2.44. The predicted octanol–water partition coefficient (Wildman–Crippen LogP) is 10.3. The van der Waals surface area contributed by atoms with E-state index in [9.17, 15) is 0 Å². The molecule has 178 valence electrons. The molecule has 0 fully saturated rings. The van der Waals surface area contributed by atoms with Crippen LogP contribution >= 0.6 is 11.6 Å². The Hall–Kier alpha value is -3.23. The molecule has 0 aliphatic carbocycles. The monoisotopic (exact) mass is 481 g/mol. The Kier molecular flexibility index (Phi) is 5.68. The van der Waals surface area contributed by atoms with Gasteiger partial charge in [0.05, 0.1) is 5.69 Å². The highest BCUT2D eigenvalue weighted by Gasteiger charge is 2.23. The zero-order valence-electron chi connectivity index (χ0n) is 21.3. The third kappa shape index (κ3) is 4.44. The second kappa shape index (κ2) is 8.46. The van der Waals surface area contributed by atoms with Crippen LogP contribution in [-0.2, 0) is 10.8 Å². The van der Waals surface area contributed by atoms with Crippen LogP contribution in [-0.4, -0.2) is 0 Å². The summed E-state index contributed by atoms with van der Waals surface area (Å²) in [6, 6.07) is 29.7. The number of fused-ring (bicyclic) bond motifs is 3. The Bertz CT molecular complexity index is 1510. The summed E-state index contributed by atoms with van der Waals surface area (Å²) in [5.41, 5.74) is 7.35. The molecule has 1 heterocycles. The Morgan fingerprint density at radius 2 is 1.29 bits per heavy atom. The number of anilines is 3. The molecule has 4 aromatic carbocycles. The molecule has 2 nitrogen and oxygen atoms in total. The molecule has 0 saturated carbocycles. The van der Waals surface area contributed by atoms with E-state index in [4.69, 9.17) is 16.0 Å². The Balaban J connectivity index is 1.78. The van der Waals surface area contributed by atoms with Gasteiger partial charge in [0.2, 0.25) is 0 Å². The molecule has 5 rings (SSSR count). The lowest BCUT2D eigenvalue weighted by Crippen LogP contribution is -2.15. The average Bonchev–Trinajstić information content (AvgIpc) is 3.18. The van der Waals surface area contributed by atoms with Crippen LogP contribution in [0, 0.1) is 0 Å². The third-order valence-corrected chi connectivity index (χ3v) is 6.84. The minimum atomic E-state index is -0.0349. The number of rotatable bonds is 3. The minimum Gasteiger partial charge on any atom is -0.454 e. The van der Waals surface area contributed by atoms with E-state index in [2.05, 4.69) is 113 Å². The lowest BCUT2D eigenvalue weighted by atomic mass is 9.86. The lowest BCUT2D eigenvalue weighted by Gasteiger charge is -2.29. The molecule has 35 heavy (non-hydrogen) atoms. The van der Waals surface area contributed by atoms with Crippen molar-refractivity contribution in [2.45, 2.75) is 52.4 Å². The number of halogens is 1. The van der Waals surface area contributed by atoms with E-state index in [1.807, 2.05) is 18.2 Å². The molecule has 0 N–H and O–H groups in total. The zero-order chi connectivity index (χ0) is 25.0. The SMILES string of the molecule is CC(C)(C)c1ccc(N(c2cc(Cl)cc(C(C)(C)C)c2)c2cccc3c2oc2ccccc23)cc1. The van der Waals surface area contributed by atoms with Gasteiger partial charge in [0, 0.05) is 27.2 Å². The summed E-state index contributed by atoms with van der Waals surface area (Å²) < 4.78 is 6.44. The standard InChI is InChI=1S/C32H32ClNO/c1-31(2,3)21-14-16-24(17-15-21)34(25-19-22(32(4,5)6)18-23(33)20-25)28-12-9-11-27-26-10-7-8-13-29(26)35-30(27)28/h7-20H,1-6H3. The van der Waals surface area contributed by atoms with Gasteiger partial charge in [0.25, 0.3) is 0 Å². The molecule has 0 aliphatic rings. The summed E-state index contributed by atoms with van der Waals surface area (Å²) in [6.45, 7) is 13.4. The van der Waals surface area contributed by atoms with Gasteiger partial charge in [-0.1, -0.05) is 95.6 Å². The molecule has 0 aliphatic heterocycles. The Morgan fingerprint density at radius 3 is 1.97 bits per heavy atom. The number of benzene rings is 4. The van der Waals surface area contributed by atoms with Gasteiger partial charge in [-0.3, -0.25) is 0 Å². The van der Waals surface area contributed by atoms with Gasteiger partial charge in [-0.05, 0) is 64.4 Å². The average molecular weight is 482 g/mol. The van der Waals surface area contributed by atoms with Crippen LogP contribution < -0.4 is 4.90 Å². The summed E-state index contributed by atoms with van der Waals surface area (Å²) in [7, 11) is 0. The van der Waals surface area contributed by atoms with E-state index in [1.165, 1.54) is 11.1 Å². The molecule has 1 aromatic heterocycles. The maximum absolute atomic E-state index is 6.69. The molecule has 0 spiro atoms. The van der Waals surface area contributed by atoms with Crippen molar-refractivity contribution in [2.75, 3.05) is 4.90 Å². The maximum Gasteiger partial charge on any atom is 0.159 e. The van der Waals surface area contributed by atoms with E-state index in [0.29, 0.717) is 0 Å². The molecule has 0 atom stereocenters. The molecular formula is C32H32ClNO. The van der Waals surface area contributed by atoms with Gasteiger partial charge in [0.1, 0.15) is 5.58 Å². The number of hydrogen-bond donors (Lipinski definition) is 0. The topological polar surface area (TPSA) is 16.4 Å². The van der Waals surface area contributed by atoms with Crippen molar-refractivity contribution in [3.8, 4) is 0 Å². The van der Waals surface area contributed by atoms with E-state index in [1.54, 1.807) is 0 Å². The minimum absolute atomic E-state index is 0.0349. The van der Waals surface area contributed by atoms with Gasteiger partial charge in [0.15, 0.2) is 5.58 Å². The zero-order valence-corrected chi connectivity index (χ0v) is 22.1. The number of hydrogen-bond acceptors (Lipinski definition) is 2. The fourth-order valence-corrected chi connectivity index (χ4v) is 4.81. The number of furan rings is 1. The summed E-state index contributed by atoms with van der Waals surface area (Å²) in [6.07, 6.45) is 0. The summed E-state index contributed by atoms with van der Waals surface area (Å²) in [5.74, 6) is 0. The Morgan fingerprint density at radius 1 is 0.629 bits per heavy atom. The smallest absolute Gasteiger partial charge is 0.159 e. The van der Waals surface area contributed by atoms with Crippen molar-refractivity contribution >= 4 is 50.6 Å². The normalized spacial score (nSPS) is 12.4. The van der Waals surface area contributed by atoms with Crippen molar-refractivity contribution in [1.29, 1.82) is 0 Å². The number of nitrogens with zero attached hydrogens (tertiary/aromatic N) is 1. The Labute approximate surface area is 213 Å². The van der Waals surface area contributed by atoms with Gasteiger partial charge >= 0.3 is 0 Å². The highest BCUT2D eigenvalue weighted by molar-refractivity contribution is 6.31. The summed E-state index contributed by atoms with van der Waals surface area (Å²) in [5, 5.41) is 2.95. The first-order valence-electron chi connectivity index (χ1n) is 12.1. The highest BCUT2D eigenvalue weighted by atomic mass is 35.5. The molecule has 3 heteroatoms. The lowest BCUT2D eigenvalue weighted by molar-refractivity contribution is 0.590. The first-order valence-corrected chi connectivity index (χ1v) is 12.5. The second-order valence-electron chi connectivity index (χ2n) is 11.3. The van der Waals surface area contributed by atoms with Crippen molar-refractivity contribution in [1.82, 2.24) is 0 Å². The van der Waals surface area contributed by atoms with Gasteiger partial charge in [-0.25, -0.2) is 0 Å². The van der Waals surface area contributed by atoms with Crippen LogP contribution in [0.2, 0.25) is 5.02 Å². The van der Waals surface area contributed by atoms with Crippen LogP contribution in [0.15, 0.2) is 89.3 Å². The summed E-state index contributed by atoms with van der Waals surface area (Å²) >= 11 is 6.69. The van der Waals surface area contributed by atoms with Gasteiger partial charge in [-0.2, -0.15) is 0 Å². The molecular weight excluding hydrogens is 450 g/mol. The van der Waals surface area contributed by atoms with Crippen molar-refractivity contribution in [3.63, 3.8) is 0 Å². The fourth-order valence-electron chi connectivity index (χ4n) is 4.58. The van der Waals surface area contributed by atoms with E-state index < -0.39 is 0 Å². The summed E-state index contributed by atoms with van der Waals surface area (Å²) in [4.78, 5) is 2.26. The molecule has 0 radical (unpaired) electrons. The molecule has 0 amide bonds. The van der Waals surface area contributed by atoms with Crippen molar-refractivity contribution in [3.05, 3.63) is 101 Å². The second-order valence-corrected chi connectivity index (χ2v) is 11.8. The van der Waals surface area contributed by atoms with Gasteiger partial charge < -0.3 is 9.32 Å². The maximum atomic E-state index is 6.69. The fraction of sp³-hybridized carbons (Fsp3) is 0.250. The van der Waals surface area contributed by atoms with Crippen molar-refractivity contribution in [2.24, 2.45) is 0 Å². The van der Waals surface area contributed by atoms with Crippen LogP contribution in [0.1, 0.15) is 52.7 Å². The third-order valence-electron chi connectivity index (χ3n) is 6.62. The van der Waals surface area contributed by atoms with E-state index in [-0.39, 0.29) is 10.8 Å². The van der Waals surface area contributed by atoms with Gasteiger partial charge in [-0.15, -0.1) is 0 Å². The first-order chi connectivity index (χ1) is 16.5. The van der Waals surface area contributed by atoms with Crippen LogP contribution in [0.25, 0.3) is 21.9 Å². The molecule has 0 bridgehead atoms. The van der Waals surface area contributed by atoms with E-state index in [0.717, 1.165) is 44.0 Å². The van der Waals surface area contributed by atoms with Crippen LogP contribution in [0.3, 0.4) is 0 Å². The van der Waals surface area contributed by atoms with Crippen molar-refractivity contribution < 1.29 is 4.42 Å². The van der Waals surface area contributed by atoms with Crippen LogP contribution in [0.4, 0.5) is 17.1 Å². The molecule has 0 unspecified atom stereocenters.